The van der Waals surface area contributed by atoms with Crippen LogP contribution in [0.3, 0.4) is 0 Å². The van der Waals surface area contributed by atoms with Gasteiger partial charge in [0.15, 0.2) is 6.61 Å². The minimum Gasteiger partial charge on any atom is -0.479 e. The molecule has 88 valence electrons. The summed E-state index contributed by atoms with van der Waals surface area (Å²) >= 11 is 0. The van der Waals surface area contributed by atoms with Crippen molar-refractivity contribution in [3.8, 4) is 24.2 Å². The van der Waals surface area contributed by atoms with Crippen LogP contribution >= 0.6 is 0 Å². The third-order valence-corrected chi connectivity index (χ3v) is 2.75. The molecule has 0 aliphatic heterocycles. The minimum absolute atomic E-state index is 0.0807. The van der Waals surface area contributed by atoms with E-state index in [1.165, 1.54) is 5.56 Å². The molecule has 0 fully saturated rings. The van der Waals surface area contributed by atoms with Crippen LogP contribution in [0.25, 0.3) is 0 Å². The molecular formula is C15H17NO. The van der Waals surface area contributed by atoms with Crippen LogP contribution in [0.5, 0.6) is 5.75 Å². The van der Waals surface area contributed by atoms with Gasteiger partial charge in [0.25, 0.3) is 0 Å². The monoisotopic (exact) mass is 227 g/mol. The summed E-state index contributed by atoms with van der Waals surface area (Å²) in [7, 11) is 0. The number of nitrogens with zero attached hydrogens (tertiary/aromatic N) is 1. The van der Waals surface area contributed by atoms with Crippen molar-refractivity contribution in [2.45, 2.75) is 26.2 Å². The lowest BCUT2D eigenvalue weighted by Gasteiger charge is -2.19. The van der Waals surface area contributed by atoms with Gasteiger partial charge in [0.1, 0.15) is 11.8 Å². The van der Waals surface area contributed by atoms with E-state index in [0.717, 1.165) is 12.2 Å². The van der Waals surface area contributed by atoms with Gasteiger partial charge in [-0.3, -0.25) is 0 Å². The first-order valence-electron chi connectivity index (χ1n) is 5.72. The van der Waals surface area contributed by atoms with E-state index in [9.17, 15) is 0 Å². The number of nitriles is 1. The first kappa shape index (κ1) is 13.1. The number of ether oxygens (including phenoxy) is 1. The van der Waals surface area contributed by atoms with E-state index in [1.807, 2.05) is 30.3 Å². The van der Waals surface area contributed by atoms with Crippen LogP contribution in [-0.2, 0) is 0 Å². The number of benzene rings is 1. The lowest BCUT2D eigenvalue weighted by molar-refractivity contribution is 0.367. The Morgan fingerprint density at radius 2 is 1.94 bits per heavy atom. The van der Waals surface area contributed by atoms with Crippen molar-refractivity contribution in [2.75, 3.05) is 6.61 Å². The third kappa shape index (κ3) is 3.85. The summed E-state index contributed by atoms with van der Waals surface area (Å²) in [6, 6.07) is 9.76. The summed E-state index contributed by atoms with van der Waals surface area (Å²) in [6.45, 7) is 4.42. The number of terminal acetylenes is 1. The molecular weight excluding hydrogens is 210 g/mol. The van der Waals surface area contributed by atoms with Gasteiger partial charge in [-0.2, -0.15) is 5.26 Å². The van der Waals surface area contributed by atoms with E-state index in [1.54, 1.807) is 0 Å². The zero-order valence-electron chi connectivity index (χ0n) is 10.3. The molecule has 0 radical (unpaired) electrons. The van der Waals surface area contributed by atoms with Crippen molar-refractivity contribution in [2.24, 2.45) is 5.92 Å². The van der Waals surface area contributed by atoms with Crippen LogP contribution in [0.2, 0.25) is 0 Å². The van der Waals surface area contributed by atoms with E-state index in [4.69, 9.17) is 16.4 Å². The maximum atomic E-state index is 8.42. The topological polar surface area (TPSA) is 33.0 Å². The molecule has 0 N–H and O–H groups in total. The van der Waals surface area contributed by atoms with Crippen LogP contribution in [0.4, 0.5) is 0 Å². The molecule has 0 bridgehead atoms. The Labute approximate surface area is 103 Å². The lowest BCUT2D eigenvalue weighted by Crippen LogP contribution is -2.06. The van der Waals surface area contributed by atoms with Gasteiger partial charge in [0, 0.05) is 6.42 Å². The molecule has 2 nitrogen and oxygen atoms in total. The fraction of sp³-hybridized carbons (Fsp3) is 0.400. The fourth-order valence-electron chi connectivity index (χ4n) is 1.79. The van der Waals surface area contributed by atoms with Crippen molar-refractivity contribution in [3.05, 3.63) is 29.8 Å². The molecule has 0 amide bonds. The highest BCUT2D eigenvalue weighted by Gasteiger charge is 2.14. The summed E-state index contributed by atoms with van der Waals surface area (Å²) in [4.78, 5) is 0. The van der Waals surface area contributed by atoms with Crippen molar-refractivity contribution >= 4 is 0 Å². The predicted octanol–water partition coefficient (Wildman–Crippen LogP) is 3.35. The molecule has 1 aromatic carbocycles. The smallest absolute Gasteiger partial charge is 0.174 e. The van der Waals surface area contributed by atoms with E-state index in [0.29, 0.717) is 11.8 Å². The molecule has 0 spiro atoms. The number of rotatable bonds is 5. The van der Waals surface area contributed by atoms with Gasteiger partial charge in [-0.05, 0) is 29.5 Å². The molecule has 0 aliphatic rings. The summed E-state index contributed by atoms with van der Waals surface area (Å²) in [5.41, 5.74) is 1.22. The predicted molar refractivity (Wildman–Crippen MR) is 68.6 cm³/mol. The van der Waals surface area contributed by atoms with Crippen molar-refractivity contribution in [1.29, 1.82) is 5.26 Å². The Hall–Kier alpha value is -1.93. The van der Waals surface area contributed by atoms with Crippen molar-refractivity contribution < 1.29 is 4.74 Å². The molecule has 1 aromatic rings. The second-order valence-electron chi connectivity index (χ2n) is 4.27. The lowest BCUT2D eigenvalue weighted by atomic mass is 9.86. The first-order valence-corrected chi connectivity index (χ1v) is 5.72. The minimum atomic E-state index is 0.0807. The van der Waals surface area contributed by atoms with Gasteiger partial charge in [0.05, 0.1) is 0 Å². The van der Waals surface area contributed by atoms with Gasteiger partial charge >= 0.3 is 0 Å². The first-order chi connectivity index (χ1) is 8.19. The molecule has 1 unspecified atom stereocenters. The van der Waals surface area contributed by atoms with Crippen LogP contribution in [0.1, 0.15) is 31.7 Å². The Balaban J connectivity index is 2.78. The number of hydrogen-bond acceptors (Lipinski definition) is 2. The average Bonchev–Trinajstić information content (AvgIpc) is 2.34. The average molecular weight is 227 g/mol. The maximum absolute atomic E-state index is 8.42. The van der Waals surface area contributed by atoms with Gasteiger partial charge in [-0.15, -0.1) is 12.3 Å². The number of hydrogen-bond donors (Lipinski definition) is 0. The van der Waals surface area contributed by atoms with E-state index in [-0.39, 0.29) is 6.61 Å². The van der Waals surface area contributed by atoms with Crippen LogP contribution in [-0.4, -0.2) is 6.61 Å². The molecule has 0 aromatic heterocycles. The molecule has 0 saturated heterocycles. The Bertz CT molecular complexity index is 420. The second kappa shape index (κ2) is 6.61. The van der Waals surface area contributed by atoms with Gasteiger partial charge in [-0.1, -0.05) is 26.0 Å². The zero-order chi connectivity index (χ0) is 12.7. The van der Waals surface area contributed by atoms with E-state index < -0.39 is 0 Å². The largest absolute Gasteiger partial charge is 0.479 e. The van der Waals surface area contributed by atoms with Crippen LogP contribution < -0.4 is 4.74 Å². The Morgan fingerprint density at radius 1 is 1.29 bits per heavy atom. The van der Waals surface area contributed by atoms with Crippen molar-refractivity contribution in [1.82, 2.24) is 0 Å². The highest BCUT2D eigenvalue weighted by molar-refractivity contribution is 5.30. The molecule has 2 heteroatoms. The van der Waals surface area contributed by atoms with E-state index in [2.05, 4.69) is 19.8 Å². The van der Waals surface area contributed by atoms with Crippen molar-refractivity contribution in [3.63, 3.8) is 0 Å². The quantitative estimate of drug-likeness (QED) is 0.723. The molecule has 0 heterocycles. The summed E-state index contributed by atoms with van der Waals surface area (Å²) in [6.07, 6.45) is 6.14. The molecule has 0 saturated carbocycles. The molecule has 0 aliphatic carbocycles. The standard InChI is InChI=1S/C15H17NO/c1-4-5-15(12(2)3)13-6-8-14(9-7-13)17-11-10-16/h1,6-9,12,15H,5,11H2,2-3H3. The molecule has 1 rings (SSSR count). The van der Waals surface area contributed by atoms with Gasteiger partial charge < -0.3 is 4.74 Å². The normalized spacial score (nSPS) is 11.6. The second-order valence-corrected chi connectivity index (χ2v) is 4.27. The highest BCUT2D eigenvalue weighted by atomic mass is 16.5. The molecule has 1 atom stereocenters. The third-order valence-electron chi connectivity index (χ3n) is 2.75. The van der Waals surface area contributed by atoms with Gasteiger partial charge in [-0.25, -0.2) is 0 Å². The summed E-state index contributed by atoms with van der Waals surface area (Å²) in [5.74, 6) is 4.33. The summed E-state index contributed by atoms with van der Waals surface area (Å²) < 4.78 is 5.21. The Morgan fingerprint density at radius 3 is 2.41 bits per heavy atom. The SMILES string of the molecule is C#CCC(c1ccc(OCC#N)cc1)C(C)C. The highest BCUT2D eigenvalue weighted by Crippen LogP contribution is 2.28. The molecule has 17 heavy (non-hydrogen) atoms. The Kier molecular flexibility index (Phi) is 5.11. The summed E-state index contributed by atoms with van der Waals surface area (Å²) in [5, 5.41) is 8.42. The van der Waals surface area contributed by atoms with Gasteiger partial charge in [0.2, 0.25) is 0 Å². The fourth-order valence-corrected chi connectivity index (χ4v) is 1.79. The van der Waals surface area contributed by atoms with Crippen LogP contribution in [0, 0.1) is 29.6 Å². The maximum Gasteiger partial charge on any atom is 0.174 e. The zero-order valence-corrected chi connectivity index (χ0v) is 10.3. The van der Waals surface area contributed by atoms with E-state index >= 15 is 0 Å². The van der Waals surface area contributed by atoms with Crippen LogP contribution in [0.15, 0.2) is 24.3 Å².